The largest absolute Gasteiger partial charge is 0.278 e. The number of rotatable bonds is 4. The molecule has 1 heterocycles. The van der Waals surface area contributed by atoms with Gasteiger partial charge < -0.3 is 0 Å². The summed E-state index contributed by atoms with van der Waals surface area (Å²) in [6, 6.07) is 1.40. The molecule has 0 unspecified atom stereocenters. The van der Waals surface area contributed by atoms with E-state index in [1.165, 1.54) is 22.4 Å². The maximum absolute atomic E-state index is 11.8. The van der Waals surface area contributed by atoms with E-state index in [1.54, 1.807) is 20.8 Å². The highest BCUT2D eigenvalue weighted by Crippen LogP contribution is 2.09. The lowest BCUT2D eigenvalue weighted by molar-refractivity contribution is -0.121. The molecule has 0 saturated carbocycles. The Hall–Kier alpha value is -1.63. The standard InChI is InChI=1S/C11H16N4O2S/c1-7(2)13-14-9(16)6-15-10(17)5-8(3)12-11(15)18-4/h5H,6H2,1-4H3,(H,14,16). The van der Waals surface area contributed by atoms with Gasteiger partial charge in [0, 0.05) is 17.5 Å². The summed E-state index contributed by atoms with van der Waals surface area (Å²) < 4.78 is 1.33. The van der Waals surface area contributed by atoms with Crippen molar-refractivity contribution in [1.29, 1.82) is 0 Å². The molecule has 0 atom stereocenters. The fourth-order valence-electron chi connectivity index (χ4n) is 1.25. The normalized spacial score (nSPS) is 10.0. The molecule has 0 radical (unpaired) electrons. The monoisotopic (exact) mass is 268 g/mol. The van der Waals surface area contributed by atoms with Gasteiger partial charge in [-0.25, -0.2) is 10.4 Å². The van der Waals surface area contributed by atoms with E-state index in [0.29, 0.717) is 10.9 Å². The van der Waals surface area contributed by atoms with Crippen LogP contribution in [0, 0.1) is 6.92 Å². The molecule has 1 aromatic heterocycles. The van der Waals surface area contributed by atoms with Gasteiger partial charge >= 0.3 is 0 Å². The summed E-state index contributed by atoms with van der Waals surface area (Å²) in [4.78, 5) is 27.6. The minimum absolute atomic E-state index is 0.0843. The Morgan fingerprint density at radius 3 is 2.78 bits per heavy atom. The molecule has 1 aromatic rings. The maximum atomic E-state index is 11.8. The van der Waals surface area contributed by atoms with Crippen molar-refractivity contribution in [1.82, 2.24) is 15.0 Å². The van der Waals surface area contributed by atoms with Gasteiger partial charge in [-0.05, 0) is 27.0 Å². The summed E-state index contributed by atoms with van der Waals surface area (Å²) >= 11 is 1.33. The smallest absolute Gasteiger partial charge is 0.260 e. The SMILES string of the molecule is CSc1nc(C)cc(=O)n1CC(=O)NN=C(C)C. The first-order chi connectivity index (χ1) is 8.43. The van der Waals surface area contributed by atoms with Crippen molar-refractivity contribution in [2.45, 2.75) is 32.5 Å². The van der Waals surface area contributed by atoms with Gasteiger partial charge in [0.1, 0.15) is 6.54 Å². The summed E-state index contributed by atoms with van der Waals surface area (Å²) in [6.07, 6.45) is 1.81. The van der Waals surface area contributed by atoms with Crippen LogP contribution in [-0.2, 0) is 11.3 Å². The molecule has 0 bridgehead atoms. The third kappa shape index (κ3) is 3.99. The summed E-state index contributed by atoms with van der Waals surface area (Å²) in [5.74, 6) is -0.348. The number of carbonyl (C=O) groups excluding carboxylic acids is 1. The quantitative estimate of drug-likeness (QED) is 0.379. The lowest BCUT2D eigenvalue weighted by Gasteiger charge is -2.09. The maximum Gasteiger partial charge on any atom is 0.260 e. The Balaban J connectivity index is 2.94. The van der Waals surface area contributed by atoms with E-state index in [-0.39, 0.29) is 18.0 Å². The topological polar surface area (TPSA) is 76.3 Å². The van der Waals surface area contributed by atoms with E-state index in [9.17, 15) is 9.59 Å². The number of amides is 1. The van der Waals surface area contributed by atoms with E-state index in [1.807, 2.05) is 6.26 Å². The van der Waals surface area contributed by atoms with Gasteiger partial charge in [-0.2, -0.15) is 5.10 Å². The predicted octanol–water partition coefficient (Wildman–Crippen LogP) is 0.786. The lowest BCUT2D eigenvalue weighted by Crippen LogP contribution is -2.31. The van der Waals surface area contributed by atoms with Crippen LogP contribution in [0.25, 0.3) is 0 Å². The summed E-state index contributed by atoms with van der Waals surface area (Å²) in [5, 5.41) is 4.32. The van der Waals surface area contributed by atoms with Crippen LogP contribution in [-0.4, -0.2) is 27.4 Å². The van der Waals surface area contributed by atoms with Crippen LogP contribution < -0.4 is 11.0 Å². The molecule has 7 heteroatoms. The minimum Gasteiger partial charge on any atom is -0.278 e. The van der Waals surface area contributed by atoms with Crippen LogP contribution in [0.15, 0.2) is 21.1 Å². The molecule has 0 fully saturated rings. The van der Waals surface area contributed by atoms with Gasteiger partial charge in [0.25, 0.3) is 11.5 Å². The third-order valence-electron chi connectivity index (χ3n) is 1.99. The first-order valence-electron chi connectivity index (χ1n) is 5.36. The summed E-state index contributed by atoms with van der Waals surface area (Å²) in [6.45, 7) is 5.20. The average Bonchev–Trinajstić information content (AvgIpc) is 2.29. The average molecular weight is 268 g/mol. The van der Waals surface area contributed by atoms with Gasteiger partial charge in [-0.1, -0.05) is 11.8 Å². The van der Waals surface area contributed by atoms with Crippen LogP contribution in [0.2, 0.25) is 0 Å². The molecule has 0 aliphatic carbocycles. The molecule has 1 rings (SSSR count). The highest BCUT2D eigenvalue weighted by atomic mass is 32.2. The zero-order chi connectivity index (χ0) is 13.7. The number of hydrogen-bond donors (Lipinski definition) is 1. The fourth-order valence-corrected chi connectivity index (χ4v) is 1.86. The molecular formula is C11H16N4O2S. The van der Waals surface area contributed by atoms with E-state index in [0.717, 1.165) is 5.71 Å². The Kier molecular flexibility index (Phi) is 5.08. The van der Waals surface area contributed by atoms with Crippen molar-refractivity contribution in [3.63, 3.8) is 0 Å². The van der Waals surface area contributed by atoms with E-state index in [4.69, 9.17) is 0 Å². The molecule has 1 N–H and O–H groups in total. The third-order valence-corrected chi connectivity index (χ3v) is 2.67. The van der Waals surface area contributed by atoms with E-state index >= 15 is 0 Å². The van der Waals surface area contributed by atoms with Crippen LogP contribution in [0.3, 0.4) is 0 Å². The Bertz CT molecular complexity index is 532. The van der Waals surface area contributed by atoms with Crippen LogP contribution >= 0.6 is 11.8 Å². The molecule has 1 amide bonds. The molecule has 0 saturated heterocycles. The fraction of sp³-hybridized carbons (Fsp3) is 0.455. The lowest BCUT2D eigenvalue weighted by atomic mass is 10.4. The highest BCUT2D eigenvalue weighted by molar-refractivity contribution is 7.98. The second-order valence-electron chi connectivity index (χ2n) is 3.90. The Labute approximate surface area is 109 Å². The van der Waals surface area contributed by atoms with Gasteiger partial charge in [0.05, 0.1) is 0 Å². The molecular weight excluding hydrogens is 252 g/mol. The zero-order valence-electron chi connectivity index (χ0n) is 10.9. The molecule has 0 aliphatic rings. The van der Waals surface area contributed by atoms with Crippen molar-refractivity contribution in [2.24, 2.45) is 5.10 Å². The van der Waals surface area contributed by atoms with Gasteiger partial charge in [0.2, 0.25) is 0 Å². The molecule has 0 aromatic carbocycles. The number of hydrazone groups is 1. The minimum atomic E-state index is -0.348. The van der Waals surface area contributed by atoms with Crippen molar-refractivity contribution < 1.29 is 4.79 Å². The number of aromatic nitrogens is 2. The van der Waals surface area contributed by atoms with Gasteiger partial charge in [-0.15, -0.1) is 0 Å². The second kappa shape index (κ2) is 6.34. The number of nitrogens with zero attached hydrogens (tertiary/aromatic N) is 3. The number of hydrogen-bond acceptors (Lipinski definition) is 5. The first-order valence-corrected chi connectivity index (χ1v) is 6.58. The molecule has 0 spiro atoms. The Morgan fingerprint density at radius 2 is 2.22 bits per heavy atom. The summed E-state index contributed by atoms with van der Waals surface area (Å²) in [7, 11) is 0. The van der Waals surface area contributed by atoms with E-state index in [2.05, 4.69) is 15.5 Å². The Morgan fingerprint density at radius 1 is 1.56 bits per heavy atom. The number of aryl methyl sites for hydroxylation is 1. The molecule has 98 valence electrons. The van der Waals surface area contributed by atoms with Crippen molar-refractivity contribution in [3.8, 4) is 0 Å². The second-order valence-corrected chi connectivity index (χ2v) is 4.68. The van der Waals surface area contributed by atoms with E-state index < -0.39 is 0 Å². The predicted molar refractivity (Wildman–Crippen MR) is 71.9 cm³/mol. The number of nitrogens with one attached hydrogen (secondary N) is 1. The number of thioether (sulfide) groups is 1. The van der Waals surface area contributed by atoms with Gasteiger partial charge in [-0.3, -0.25) is 14.2 Å². The summed E-state index contributed by atoms with van der Waals surface area (Å²) in [5.41, 5.74) is 3.52. The highest BCUT2D eigenvalue weighted by Gasteiger charge is 2.10. The molecule has 6 nitrogen and oxygen atoms in total. The van der Waals surface area contributed by atoms with Crippen LogP contribution in [0.4, 0.5) is 0 Å². The van der Waals surface area contributed by atoms with Gasteiger partial charge in [0.15, 0.2) is 5.16 Å². The number of carbonyl (C=O) groups is 1. The van der Waals surface area contributed by atoms with Crippen molar-refractivity contribution in [3.05, 3.63) is 22.1 Å². The van der Waals surface area contributed by atoms with Crippen molar-refractivity contribution in [2.75, 3.05) is 6.26 Å². The molecule has 18 heavy (non-hydrogen) atoms. The van der Waals surface area contributed by atoms with Crippen molar-refractivity contribution >= 4 is 23.4 Å². The van der Waals surface area contributed by atoms with Crippen LogP contribution in [0.1, 0.15) is 19.5 Å². The van der Waals surface area contributed by atoms with Crippen LogP contribution in [0.5, 0.6) is 0 Å². The zero-order valence-corrected chi connectivity index (χ0v) is 11.7. The first kappa shape index (κ1) is 14.4. The molecule has 0 aliphatic heterocycles.